The number of aryl methyl sites for hydroxylation is 3. The molecule has 2 aliphatic heterocycles. The lowest BCUT2D eigenvalue weighted by atomic mass is 10.1. The molecule has 0 radical (unpaired) electrons. The van der Waals surface area contributed by atoms with E-state index in [0.29, 0.717) is 23.1 Å². The Morgan fingerprint density at radius 2 is 1.30 bits per heavy atom. The molecule has 0 bridgehead atoms. The molecule has 15 nitrogen and oxygen atoms in total. The molecule has 3 aromatic carbocycles. The highest BCUT2D eigenvalue weighted by Gasteiger charge is 2.30. The third-order valence-electron chi connectivity index (χ3n) is 10.8. The quantitative estimate of drug-likeness (QED) is 0.170. The van der Waals surface area contributed by atoms with E-state index in [2.05, 4.69) is 108 Å². The van der Waals surface area contributed by atoms with Gasteiger partial charge in [-0.05, 0) is 67.9 Å². The molecule has 0 fully saturated rings. The van der Waals surface area contributed by atoms with Crippen LogP contribution in [0.15, 0.2) is 104 Å². The first-order valence-electron chi connectivity index (χ1n) is 19.4. The summed E-state index contributed by atoms with van der Waals surface area (Å²) >= 11 is 6.08. The zero-order valence-corrected chi connectivity index (χ0v) is 34.4. The van der Waals surface area contributed by atoms with Crippen LogP contribution in [0.4, 0.5) is 34.4 Å². The van der Waals surface area contributed by atoms with Crippen LogP contribution in [0.1, 0.15) is 49.0 Å². The number of hydrogen-bond donors (Lipinski definition) is 1. The topological polar surface area (TPSA) is 155 Å². The highest BCUT2D eigenvalue weighted by Crippen LogP contribution is 2.42. The minimum Gasteiger partial charge on any atom is -0.382 e. The molecule has 5 aromatic heterocycles. The number of nitrogen functional groups attached to an aromatic ring is 1. The predicted octanol–water partition coefficient (Wildman–Crippen LogP) is 8.70. The van der Waals surface area contributed by atoms with Crippen LogP contribution >= 0.6 is 11.6 Å². The van der Waals surface area contributed by atoms with Crippen molar-refractivity contribution in [3.8, 4) is 33.8 Å². The Morgan fingerprint density at radius 1 is 0.667 bits per heavy atom. The number of benzene rings is 3. The first kappa shape index (κ1) is 38.1. The third-order valence-corrected chi connectivity index (χ3v) is 11.0. The molecule has 10 rings (SSSR count). The van der Waals surface area contributed by atoms with E-state index in [-0.39, 0.29) is 11.8 Å². The molecule has 2 atom stereocenters. The van der Waals surface area contributed by atoms with Gasteiger partial charge in [-0.25, -0.2) is 14.8 Å². The summed E-state index contributed by atoms with van der Waals surface area (Å²) in [5.74, 6) is 5.11. The van der Waals surface area contributed by atoms with Crippen molar-refractivity contribution in [2.45, 2.75) is 39.5 Å². The number of pyridine rings is 1. The number of hydrogen-bond acceptors (Lipinski definition) is 11. The van der Waals surface area contributed by atoms with Gasteiger partial charge < -0.3 is 15.5 Å². The standard InChI is InChI=1S/C23H21N7.C21H19ClN8/c1-15-13-29(20-8-6-19(24-3)7-9-20)22-11-17(18-12-25-28(4)14-18)5-10-21(22)30-16(2)26-27-23(15)30;1-12-11-29(20-6-4-15(22)8-26-20)18-7-14(16-9-25-19(23)10-24-16)3-5-17(18)30-13(2)27-28-21(12)30/h5-12,14-15H,13H2,1-2,4H3;3-10,12H,11H2,1-2H3,(H2,23,25)/t15-;12-/m11/s1. The molecule has 0 saturated heterocycles. The second kappa shape index (κ2) is 15.4. The molecule has 2 aliphatic rings. The van der Waals surface area contributed by atoms with Crippen LogP contribution in [0.5, 0.6) is 0 Å². The molecule has 0 spiro atoms. The molecular weight excluding hydrogens is 774 g/mol. The Labute approximate surface area is 351 Å². The van der Waals surface area contributed by atoms with Crippen LogP contribution in [0.3, 0.4) is 0 Å². The molecular formula is C44H40ClN15. The van der Waals surface area contributed by atoms with E-state index in [4.69, 9.17) is 23.9 Å². The maximum absolute atomic E-state index is 7.24. The summed E-state index contributed by atoms with van der Waals surface area (Å²) in [5, 5.41) is 22.5. The van der Waals surface area contributed by atoms with E-state index in [1.165, 1.54) is 0 Å². The summed E-state index contributed by atoms with van der Waals surface area (Å²) in [5.41, 5.74) is 15.3. The van der Waals surface area contributed by atoms with Crippen LogP contribution in [0, 0.1) is 20.4 Å². The summed E-state index contributed by atoms with van der Waals surface area (Å²) in [7, 11) is 1.92. The molecule has 0 unspecified atom stereocenters. The number of nitrogens with zero attached hydrogens (tertiary/aromatic N) is 14. The average Bonchev–Trinajstić information content (AvgIpc) is 3.95. The van der Waals surface area contributed by atoms with Crippen LogP contribution in [-0.2, 0) is 7.05 Å². The lowest BCUT2D eigenvalue weighted by molar-refractivity contribution is 0.693. The summed E-state index contributed by atoms with van der Waals surface area (Å²) in [6.45, 7) is 17.0. The molecule has 8 aromatic rings. The van der Waals surface area contributed by atoms with Crippen molar-refractivity contribution in [1.29, 1.82) is 0 Å². The van der Waals surface area contributed by atoms with Crippen LogP contribution < -0.4 is 15.5 Å². The Kier molecular flexibility index (Phi) is 9.77. The van der Waals surface area contributed by atoms with Gasteiger partial charge in [-0.3, -0.25) is 18.8 Å². The lowest BCUT2D eigenvalue weighted by Crippen LogP contribution is -2.22. The van der Waals surface area contributed by atoms with Gasteiger partial charge in [0.2, 0.25) is 0 Å². The maximum Gasteiger partial charge on any atom is 0.187 e. The van der Waals surface area contributed by atoms with Gasteiger partial charge in [0.1, 0.15) is 34.9 Å². The molecule has 298 valence electrons. The highest BCUT2D eigenvalue weighted by atomic mass is 35.5. The van der Waals surface area contributed by atoms with E-state index in [1.54, 1.807) is 18.6 Å². The number of fused-ring (bicyclic) bond motifs is 6. The first-order chi connectivity index (χ1) is 29.1. The SMILES string of the molecule is Cc1nnc2n1-c1ccc(-c3cnc(N)cn3)cc1N(c1ccc(Cl)cn1)C[C@H]2C.[C-]#[N+]c1ccc(N2C[C@@H](C)c3nnc(C)n3-c3ccc(-c4cnn(C)c4)cc32)cc1. The normalized spacial score (nSPS) is 15.3. The van der Waals surface area contributed by atoms with Gasteiger partial charge in [0.05, 0.1) is 58.6 Å². The van der Waals surface area contributed by atoms with Gasteiger partial charge in [-0.15, -0.1) is 20.4 Å². The van der Waals surface area contributed by atoms with E-state index >= 15 is 0 Å². The summed E-state index contributed by atoms with van der Waals surface area (Å²) in [6.07, 6.45) is 8.80. The molecule has 2 N–H and O–H groups in total. The largest absolute Gasteiger partial charge is 0.382 e. The number of halogens is 1. The van der Waals surface area contributed by atoms with Crippen molar-refractivity contribution >= 4 is 46.0 Å². The number of anilines is 5. The zero-order valence-electron chi connectivity index (χ0n) is 33.6. The molecule has 7 heterocycles. The smallest absolute Gasteiger partial charge is 0.187 e. The lowest BCUT2D eigenvalue weighted by Gasteiger charge is -2.27. The van der Waals surface area contributed by atoms with Gasteiger partial charge in [0, 0.05) is 61.2 Å². The Morgan fingerprint density at radius 3 is 1.88 bits per heavy atom. The number of rotatable bonds is 4. The molecule has 0 saturated carbocycles. The fraction of sp³-hybridized carbons (Fsp3) is 0.205. The van der Waals surface area contributed by atoms with Crippen LogP contribution in [0.2, 0.25) is 5.02 Å². The van der Waals surface area contributed by atoms with E-state index < -0.39 is 0 Å². The Bertz CT molecular complexity index is 2890. The van der Waals surface area contributed by atoms with Crippen LogP contribution in [-0.4, -0.2) is 67.4 Å². The minimum atomic E-state index is 0.135. The number of nitrogens with two attached hydrogens (primary N) is 1. The molecule has 0 amide bonds. The monoisotopic (exact) mass is 813 g/mol. The molecule has 16 heteroatoms. The van der Waals surface area contributed by atoms with Gasteiger partial charge >= 0.3 is 0 Å². The van der Waals surface area contributed by atoms with E-state index in [9.17, 15) is 0 Å². The van der Waals surface area contributed by atoms with Gasteiger partial charge in [-0.1, -0.05) is 49.7 Å². The Hall–Kier alpha value is -7.44. The van der Waals surface area contributed by atoms with Crippen LogP contribution in [0.25, 0.3) is 38.6 Å². The van der Waals surface area contributed by atoms with Gasteiger partial charge in [-0.2, -0.15) is 5.10 Å². The molecule has 0 aliphatic carbocycles. The predicted molar refractivity (Wildman–Crippen MR) is 233 cm³/mol. The van der Waals surface area contributed by atoms with Crippen molar-refractivity contribution in [3.05, 3.63) is 144 Å². The van der Waals surface area contributed by atoms with E-state index in [0.717, 1.165) is 86.5 Å². The van der Waals surface area contributed by atoms with E-state index in [1.807, 2.05) is 80.4 Å². The fourth-order valence-electron chi connectivity index (χ4n) is 7.85. The fourth-order valence-corrected chi connectivity index (χ4v) is 7.96. The van der Waals surface area contributed by atoms with Crippen molar-refractivity contribution in [1.82, 2.24) is 54.3 Å². The zero-order chi connectivity index (χ0) is 41.7. The van der Waals surface area contributed by atoms with Crippen molar-refractivity contribution in [2.24, 2.45) is 7.05 Å². The molecule has 60 heavy (non-hydrogen) atoms. The Balaban J connectivity index is 0.000000154. The van der Waals surface area contributed by atoms with Gasteiger partial charge in [0.25, 0.3) is 0 Å². The second-order valence-corrected chi connectivity index (χ2v) is 15.4. The minimum absolute atomic E-state index is 0.135. The second-order valence-electron chi connectivity index (χ2n) is 15.0. The summed E-state index contributed by atoms with van der Waals surface area (Å²) in [6, 6.07) is 24.2. The van der Waals surface area contributed by atoms with Crippen molar-refractivity contribution in [2.75, 3.05) is 28.6 Å². The third kappa shape index (κ3) is 6.96. The summed E-state index contributed by atoms with van der Waals surface area (Å²) in [4.78, 5) is 21.2. The maximum atomic E-state index is 7.24. The highest BCUT2D eigenvalue weighted by molar-refractivity contribution is 6.30. The summed E-state index contributed by atoms with van der Waals surface area (Å²) < 4.78 is 6.07. The van der Waals surface area contributed by atoms with Gasteiger partial charge in [0.15, 0.2) is 5.69 Å². The average molecular weight is 814 g/mol. The van der Waals surface area contributed by atoms with Crippen molar-refractivity contribution in [3.63, 3.8) is 0 Å². The van der Waals surface area contributed by atoms with Crippen molar-refractivity contribution < 1.29 is 0 Å². The number of aromatic nitrogens is 11. The first-order valence-corrected chi connectivity index (χ1v) is 19.8.